The summed E-state index contributed by atoms with van der Waals surface area (Å²) in [5.41, 5.74) is 0. The quantitative estimate of drug-likeness (QED) is 0.907. The van der Waals surface area contributed by atoms with E-state index in [1.54, 1.807) is 0 Å². The van der Waals surface area contributed by atoms with Gasteiger partial charge in [-0.25, -0.2) is 0 Å². The third-order valence-electron chi connectivity index (χ3n) is 3.54. The first-order chi connectivity index (χ1) is 9.13. The number of carbonyl (C=O) groups is 1. The van der Waals surface area contributed by atoms with Gasteiger partial charge in [-0.1, -0.05) is 0 Å². The number of aliphatic hydroxyl groups excluding tert-OH is 1. The topological polar surface area (TPSA) is 43.8 Å². The fraction of sp³-hybridized carbons (Fsp3) is 0.615. The number of carbonyl (C=O) groups excluding carboxylic acids is 1. The van der Waals surface area contributed by atoms with Crippen molar-refractivity contribution in [3.63, 3.8) is 0 Å². The van der Waals surface area contributed by atoms with Gasteiger partial charge in [0.2, 0.25) is 0 Å². The smallest absolute Gasteiger partial charge is 0.265 e. The molecule has 19 heavy (non-hydrogen) atoms. The number of halogens is 1. The van der Waals surface area contributed by atoms with Gasteiger partial charge in [-0.2, -0.15) is 0 Å². The van der Waals surface area contributed by atoms with Crippen LogP contribution in [0, 0.1) is 0 Å². The summed E-state index contributed by atoms with van der Waals surface area (Å²) >= 11 is 4.86. The van der Waals surface area contributed by atoms with E-state index >= 15 is 0 Å². The van der Waals surface area contributed by atoms with Gasteiger partial charge >= 0.3 is 0 Å². The molecule has 0 bridgehead atoms. The standard InChI is InChI=1S/C13H19BrN2O2S/c1-15-5-2-10(3-6-15)16(7-8-17)13(18)12-11(14)4-9-19-12/h4,9-10,17H,2-3,5-8H2,1H3. The molecule has 0 saturated carbocycles. The Kier molecular flexibility index (Phi) is 5.38. The van der Waals surface area contributed by atoms with Gasteiger partial charge in [-0.15, -0.1) is 11.3 Å². The number of aliphatic hydroxyl groups is 1. The molecule has 1 aliphatic rings. The molecule has 0 spiro atoms. The van der Waals surface area contributed by atoms with Crippen LogP contribution in [0.15, 0.2) is 15.9 Å². The number of hydrogen-bond acceptors (Lipinski definition) is 4. The summed E-state index contributed by atoms with van der Waals surface area (Å²) in [4.78, 5) is 17.4. The number of rotatable bonds is 4. The van der Waals surface area contributed by atoms with Crippen molar-refractivity contribution in [2.45, 2.75) is 18.9 Å². The van der Waals surface area contributed by atoms with Crippen LogP contribution in [0.25, 0.3) is 0 Å². The Balaban J connectivity index is 2.11. The highest BCUT2D eigenvalue weighted by atomic mass is 79.9. The Hall–Kier alpha value is -0.430. The minimum Gasteiger partial charge on any atom is -0.395 e. The van der Waals surface area contributed by atoms with Crippen molar-refractivity contribution < 1.29 is 9.90 Å². The average Bonchev–Trinajstić information content (AvgIpc) is 2.83. The minimum atomic E-state index is 0.0150. The highest BCUT2D eigenvalue weighted by Crippen LogP contribution is 2.26. The second kappa shape index (κ2) is 6.83. The molecular formula is C13H19BrN2O2S. The van der Waals surface area contributed by atoms with Crippen LogP contribution in [0.3, 0.4) is 0 Å². The maximum atomic E-state index is 12.6. The minimum absolute atomic E-state index is 0.0150. The maximum absolute atomic E-state index is 12.6. The van der Waals surface area contributed by atoms with Crippen LogP contribution >= 0.6 is 27.3 Å². The van der Waals surface area contributed by atoms with E-state index in [4.69, 9.17) is 0 Å². The Labute approximate surface area is 126 Å². The molecule has 0 unspecified atom stereocenters. The maximum Gasteiger partial charge on any atom is 0.265 e. The first-order valence-corrected chi connectivity index (χ1v) is 8.14. The van der Waals surface area contributed by atoms with Crippen molar-refractivity contribution in [2.75, 3.05) is 33.3 Å². The predicted octanol–water partition coefficient (Wildman–Crippen LogP) is 2.04. The highest BCUT2D eigenvalue weighted by molar-refractivity contribution is 9.10. The molecular weight excluding hydrogens is 328 g/mol. The van der Waals surface area contributed by atoms with E-state index in [-0.39, 0.29) is 18.6 Å². The molecule has 1 saturated heterocycles. The van der Waals surface area contributed by atoms with Gasteiger partial charge in [0.05, 0.1) is 6.61 Å². The van der Waals surface area contributed by atoms with Gasteiger partial charge in [0.15, 0.2) is 0 Å². The van der Waals surface area contributed by atoms with Crippen LogP contribution in [0.4, 0.5) is 0 Å². The lowest BCUT2D eigenvalue weighted by atomic mass is 10.0. The number of hydrogen-bond donors (Lipinski definition) is 1. The van der Waals surface area contributed by atoms with Crippen LogP contribution in [-0.2, 0) is 0 Å². The number of nitrogens with zero attached hydrogens (tertiary/aromatic N) is 2. The zero-order valence-electron chi connectivity index (χ0n) is 11.0. The van der Waals surface area contributed by atoms with E-state index < -0.39 is 0 Å². The summed E-state index contributed by atoms with van der Waals surface area (Å²) in [5.74, 6) is 0.0329. The van der Waals surface area contributed by atoms with Gasteiger partial charge in [0.25, 0.3) is 5.91 Å². The molecule has 1 aromatic heterocycles. The first kappa shape index (κ1) is 15.0. The fourth-order valence-electron chi connectivity index (χ4n) is 2.44. The predicted molar refractivity (Wildman–Crippen MR) is 80.7 cm³/mol. The zero-order valence-corrected chi connectivity index (χ0v) is 13.4. The monoisotopic (exact) mass is 346 g/mol. The van der Waals surface area contributed by atoms with Gasteiger partial charge in [0.1, 0.15) is 4.88 Å². The summed E-state index contributed by atoms with van der Waals surface area (Å²) in [6.07, 6.45) is 1.95. The first-order valence-electron chi connectivity index (χ1n) is 6.47. The van der Waals surface area contributed by atoms with E-state index in [1.807, 2.05) is 16.3 Å². The van der Waals surface area contributed by atoms with E-state index in [2.05, 4.69) is 27.9 Å². The molecule has 1 fully saturated rings. The number of thiophene rings is 1. The van der Waals surface area contributed by atoms with Crippen LogP contribution in [-0.4, -0.2) is 60.1 Å². The summed E-state index contributed by atoms with van der Waals surface area (Å²) in [5, 5.41) is 11.1. The van der Waals surface area contributed by atoms with Crippen molar-refractivity contribution >= 4 is 33.2 Å². The van der Waals surface area contributed by atoms with E-state index in [0.717, 1.165) is 35.3 Å². The van der Waals surface area contributed by atoms with Crippen LogP contribution in [0.2, 0.25) is 0 Å². The third-order valence-corrected chi connectivity index (χ3v) is 5.37. The van der Waals surface area contributed by atoms with Crippen LogP contribution in [0.1, 0.15) is 22.5 Å². The molecule has 6 heteroatoms. The van der Waals surface area contributed by atoms with E-state index in [0.29, 0.717) is 6.54 Å². The lowest BCUT2D eigenvalue weighted by molar-refractivity contribution is 0.0544. The molecule has 1 aliphatic heterocycles. The number of piperidine rings is 1. The average molecular weight is 347 g/mol. The van der Waals surface area contributed by atoms with Crippen LogP contribution < -0.4 is 0 Å². The van der Waals surface area contributed by atoms with Gasteiger partial charge < -0.3 is 14.9 Å². The molecule has 106 valence electrons. The highest BCUT2D eigenvalue weighted by Gasteiger charge is 2.28. The van der Waals surface area contributed by atoms with Gasteiger partial charge in [-0.05, 0) is 60.4 Å². The lowest BCUT2D eigenvalue weighted by Gasteiger charge is -2.37. The summed E-state index contributed by atoms with van der Waals surface area (Å²) < 4.78 is 0.846. The molecule has 0 radical (unpaired) electrons. The molecule has 0 atom stereocenters. The second-order valence-corrected chi connectivity index (χ2v) is 6.62. The fourth-order valence-corrected chi connectivity index (χ4v) is 3.94. The lowest BCUT2D eigenvalue weighted by Crippen LogP contribution is -2.47. The van der Waals surface area contributed by atoms with Crippen molar-refractivity contribution in [1.29, 1.82) is 0 Å². The van der Waals surface area contributed by atoms with Crippen molar-refractivity contribution in [2.24, 2.45) is 0 Å². The summed E-state index contributed by atoms with van der Waals surface area (Å²) in [7, 11) is 2.10. The number of likely N-dealkylation sites (tertiary alicyclic amines) is 1. The molecule has 2 heterocycles. The molecule has 0 aromatic carbocycles. The Morgan fingerprint density at radius 2 is 2.26 bits per heavy atom. The normalized spacial score (nSPS) is 17.6. The van der Waals surface area contributed by atoms with Gasteiger partial charge in [0, 0.05) is 17.1 Å². The molecule has 1 N–H and O–H groups in total. The van der Waals surface area contributed by atoms with Crippen molar-refractivity contribution in [3.05, 3.63) is 20.8 Å². The molecule has 2 rings (SSSR count). The Bertz CT molecular complexity index is 430. The number of amides is 1. The molecule has 1 aromatic rings. The SMILES string of the molecule is CN1CCC(N(CCO)C(=O)c2sccc2Br)CC1. The van der Waals surface area contributed by atoms with Crippen LogP contribution in [0.5, 0.6) is 0 Å². The second-order valence-electron chi connectivity index (χ2n) is 4.85. The van der Waals surface area contributed by atoms with Gasteiger partial charge in [-0.3, -0.25) is 4.79 Å². The summed E-state index contributed by atoms with van der Waals surface area (Å²) in [6, 6.07) is 2.13. The molecule has 1 amide bonds. The Morgan fingerprint density at radius 1 is 1.58 bits per heavy atom. The largest absolute Gasteiger partial charge is 0.395 e. The summed E-state index contributed by atoms with van der Waals surface area (Å²) in [6.45, 7) is 2.44. The third kappa shape index (κ3) is 3.56. The molecule has 0 aliphatic carbocycles. The van der Waals surface area contributed by atoms with Crippen molar-refractivity contribution in [3.8, 4) is 0 Å². The Morgan fingerprint density at radius 3 is 2.79 bits per heavy atom. The zero-order chi connectivity index (χ0) is 13.8. The van der Waals surface area contributed by atoms with E-state index in [9.17, 15) is 9.90 Å². The van der Waals surface area contributed by atoms with E-state index in [1.165, 1.54) is 11.3 Å². The molecule has 4 nitrogen and oxygen atoms in total. The van der Waals surface area contributed by atoms with Crippen molar-refractivity contribution in [1.82, 2.24) is 9.80 Å².